The van der Waals surface area contributed by atoms with Crippen molar-refractivity contribution in [2.24, 2.45) is 5.92 Å². The second-order valence-corrected chi connectivity index (χ2v) is 8.90. The zero-order valence-corrected chi connectivity index (χ0v) is 16.9. The molecule has 6 heteroatoms. The first-order valence-electron chi connectivity index (χ1n) is 9.60. The van der Waals surface area contributed by atoms with Crippen LogP contribution >= 0.6 is 11.3 Å². The number of amides is 1. The van der Waals surface area contributed by atoms with Gasteiger partial charge in [0.25, 0.3) is 11.5 Å². The van der Waals surface area contributed by atoms with Gasteiger partial charge in [0.1, 0.15) is 5.82 Å². The molecule has 0 radical (unpaired) electrons. The molecule has 1 saturated heterocycles. The number of nitrogens with zero attached hydrogens (tertiary/aromatic N) is 2. The average Bonchev–Trinajstić information content (AvgIpc) is 3.02. The van der Waals surface area contributed by atoms with Crippen LogP contribution in [0.25, 0.3) is 10.1 Å². The molecule has 4 nitrogen and oxygen atoms in total. The van der Waals surface area contributed by atoms with Crippen LogP contribution in [0.2, 0.25) is 0 Å². The Morgan fingerprint density at radius 2 is 2.00 bits per heavy atom. The van der Waals surface area contributed by atoms with Crippen LogP contribution < -0.4 is 5.56 Å². The minimum atomic E-state index is -0.302. The van der Waals surface area contributed by atoms with E-state index in [4.69, 9.17) is 0 Å². The predicted octanol–water partition coefficient (Wildman–Crippen LogP) is 4.43. The van der Waals surface area contributed by atoms with Crippen molar-refractivity contribution in [2.45, 2.75) is 33.2 Å². The largest absolute Gasteiger partial charge is 0.338 e. The van der Waals surface area contributed by atoms with E-state index in [2.05, 4.69) is 6.92 Å². The predicted molar refractivity (Wildman–Crippen MR) is 111 cm³/mol. The molecule has 1 fully saturated rings. The minimum absolute atomic E-state index is 0.0352. The van der Waals surface area contributed by atoms with Gasteiger partial charge in [-0.25, -0.2) is 4.39 Å². The number of carbonyl (C=O) groups is 1. The summed E-state index contributed by atoms with van der Waals surface area (Å²) in [5, 5.41) is 0.510. The van der Waals surface area contributed by atoms with Gasteiger partial charge < -0.3 is 9.47 Å². The summed E-state index contributed by atoms with van der Waals surface area (Å²) in [6, 6.07) is 8.02. The number of aromatic nitrogens is 1. The number of rotatable bonds is 3. The number of aryl methyl sites for hydroxylation is 1. The van der Waals surface area contributed by atoms with Gasteiger partial charge in [0.15, 0.2) is 0 Å². The van der Waals surface area contributed by atoms with E-state index in [1.807, 2.05) is 17.9 Å². The van der Waals surface area contributed by atoms with Crippen molar-refractivity contribution in [3.8, 4) is 0 Å². The molecule has 1 aromatic carbocycles. The number of carbonyl (C=O) groups excluding carboxylic acids is 1. The molecule has 3 heterocycles. The first-order valence-corrected chi connectivity index (χ1v) is 10.4. The van der Waals surface area contributed by atoms with Gasteiger partial charge in [0.05, 0.1) is 17.5 Å². The van der Waals surface area contributed by atoms with E-state index in [1.54, 1.807) is 22.9 Å². The van der Waals surface area contributed by atoms with Gasteiger partial charge in [-0.2, -0.15) is 0 Å². The maximum absolute atomic E-state index is 13.2. The number of piperidine rings is 1. The molecule has 2 aromatic heterocycles. The van der Waals surface area contributed by atoms with Crippen molar-refractivity contribution in [2.75, 3.05) is 13.1 Å². The smallest absolute Gasteiger partial charge is 0.260 e. The van der Waals surface area contributed by atoms with E-state index in [9.17, 15) is 14.0 Å². The van der Waals surface area contributed by atoms with Crippen LogP contribution in [-0.4, -0.2) is 28.5 Å². The average molecular weight is 399 g/mol. The van der Waals surface area contributed by atoms with Crippen LogP contribution in [0.1, 0.15) is 40.6 Å². The SMILES string of the molecule is Cc1sc2ccn(Cc3ccc(F)cc3)c(=O)c2c1C(=O)N1CCC[C@H](C)C1. The molecular formula is C22H23FN2O2S. The van der Waals surface area contributed by atoms with E-state index >= 15 is 0 Å². The number of halogens is 1. The Hall–Kier alpha value is -2.47. The molecule has 28 heavy (non-hydrogen) atoms. The number of pyridine rings is 1. The van der Waals surface area contributed by atoms with E-state index in [0.717, 1.165) is 41.1 Å². The molecule has 1 aliphatic heterocycles. The van der Waals surface area contributed by atoms with Gasteiger partial charge in [-0.1, -0.05) is 19.1 Å². The van der Waals surface area contributed by atoms with E-state index in [1.165, 1.54) is 23.5 Å². The fourth-order valence-corrected chi connectivity index (χ4v) is 5.01. The summed E-state index contributed by atoms with van der Waals surface area (Å²) in [7, 11) is 0. The summed E-state index contributed by atoms with van der Waals surface area (Å²) in [5.41, 5.74) is 1.22. The van der Waals surface area contributed by atoms with Gasteiger partial charge in [-0.3, -0.25) is 9.59 Å². The number of benzene rings is 1. The molecular weight excluding hydrogens is 375 g/mol. The quantitative estimate of drug-likeness (QED) is 0.655. The Kier molecular flexibility index (Phi) is 5.06. The molecule has 4 rings (SSSR count). The Morgan fingerprint density at radius 1 is 1.25 bits per heavy atom. The molecule has 0 bridgehead atoms. The second-order valence-electron chi connectivity index (χ2n) is 7.65. The second kappa shape index (κ2) is 7.51. The van der Waals surface area contributed by atoms with Crippen LogP contribution in [0, 0.1) is 18.7 Å². The van der Waals surface area contributed by atoms with Crippen LogP contribution in [0.3, 0.4) is 0 Å². The Bertz CT molecular complexity index is 1080. The Morgan fingerprint density at radius 3 is 2.71 bits per heavy atom. The lowest BCUT2D eigenvalue weighted by Crippen LogP contribution is -2.39. The lowest BCUT2D eigenvalue weighted by atomic mass is 9.99. The maximum atomic E-state index is 13.2. The molecule has 1 amide bonds. The molecule has 0 unspecified atom stereocenters. The first-order chi connectivity index (χ1) is 13.4. The maximum Gasteiger partial charge on any atom is 0.260 e. The molecule has 0 aliphatic carbocycles. The third kappa shape index (κ3) is 3.49. The normalized spacial score (nSPS) is 17.2. The van der Waals surface area contributed by atoms with Gasteiger partial charge in [0, 0.05) is 28.9 Å². The molecule has 1 atom stereocenters. The summed E-state index contributed by atoms with van der Waals surface area (Å²) >= 11 is 1.49. The topological polar surface area (TPSA) is 42.3 Å². The number of hydrogen-bond acceptors (Lipinski definition) is 3. The van der Waals surface area contributed by atoms with Crippen LogP contribution in [0.4, 0.5) is 4.39 Å². The van der Waals surface area contributed by atoms with Gasteiger partial charge >= 0.3 is 0 Å². The van der Waals surface area contributed by atoms with Gasteiger partial charge in [-0.15, -0.1) is 11.3 Å². The zero-order valence-electron chi connectivity index (χ0n) is 16.1. The molecule has 0 saturated carbocycles. The highest BCUT2D eigenvalue weighted by Crippen LogP contribution is 2.30. The number of thiophene rings is 1. The lowest BCUT2D eigenvalue weighted by molar-refractivity contribution is 0.0685. The van der Waals surface area contributed by atoms with Crippen LogP contribution in [0.15, 0.2) is 41.3 Å². The molecule has 0 N–H and O–H groups in total. The Labute approximate surface area is 167 Å². The van der Waals surface area contributed by atoms with Crippen LogP contribution in [-0.2, 0) is 6.54 Å². The highest BCUT2D eigenvalue weighted by Gasteiger charge is 2.27. The first kappa shape index (κ1) is 18.9. The fraction of sp³-hybridized carbons (Fsp3) is 0.364. The van der Waals surface area contributed by atoms with Crippen LogP contribution in [0.5, 0.6) is 0 Å². The lowest BCUT2D eigenvalue weighted by Gasteiger charge is -2.31. The van der Waals surface area contributed by atoms with Crippen molar-refractivity contribution >= 4 is 27.3 Å². The van der Waals surface area contributed by atoms with Gasteiger partial charge in [-0.05, 0) is 49.4 Å². The third-order valence-corrected chi connectivity index (χ3v) is 6.49. The number of hydrogen-bond donors (Lipinski definition) is 0. The summed E-state index contributed by atoms with van der Waals surface area (Å²) in [6.07, 6.45) is 3.89. The van der Waals surface area contributed by atoms with Crippen molar-refractivity contribution < 1.29 is 9.18 Å². The van der Waals surface area contributed by atoms with E-state index in [0.29, 0.717) is 23.4 Å². The zero-order chi connectivity index (χ0) is 19.8. The van der Waals surface area contributed by atoms with Gasteiger partial charge in [0.2, 0.25) is 0 Å². The molecule has 3 aromatic rings. The molecule has 146 valence electrons. The summed E-state index contributed by atoms with van der Waals surface area (Å²) in [5.74, 6) is 0.147. The van der Waals surface area contributed by atoms with Crippen molar-refractivity contribution in [3.63, 3.8) is 0 Å². The van der Waals surface area contributed by atoms with Crippen molar-refractivity contribution in [1.29, 1.82) is 0 Å². The molecule has 1 aliphatic rings. The van der Waals surface area contributed by atoms with E-state index < -0.39 is 0 Å². The highest BCUT2D eigenvalue weighted by molar-refractivity contribution is 7.19. The molecule has 0 spiro atoms. The summed E-state index contributed by atoms with van der Waals surface area (Å²) in [4.78, 5) is 29.2. The Balaban J connectivity index is 1.75. The number of likely N-dealkylation sites (tertiary alicyclic amines) is 1. The third-order valence-electron chi connectivity index (χ3n) is 5.42. The standard InChI is InChI=1S/C22H23FN2O2S/c1-14-4-3-10-24(12-14)21(26)19-15(2)28-18-9-11-25(22(27)20(18)19)13-16-5-7-17(23)8-6-16/h5-9,11,14H,3-4,10,12-13H2,1-2H3/t14-/m0/s1. The number of fused-ring (bicyclic) bond motifs is 1. The summed E-state index contributed by atoms with van der Waals surface area (Å²) in [6.45, 7) is 5.91. The minimum Gasteiger partial charge on any atom is -0.338 e. The van der Waals surface area contributed by atoms with Crippen molar-refractivity contribution in [3.05, 3.63) is 68.7 Å². The fourth-order valence-electron chi connectivity index (χ4n) is 3.97. The van der Waals surface area contributed by atoms with Crippen molar-refractivity contribution in [1.82, 2.24) is 9.47 Å². The summed E-state index contributed by atoms with van der Waals surface area (Å²) < 4.78 is 15.6. The van der Waals surface area contributed by atoms with E-state index in [-0.39, 0.29) is 17.3 Å². The highest BCUT2D eigenvalue weighted by atomic mass is 32.1. The monoisotopic (exact) mass is 398 g/mol.